The second-order valence-corrected chi connectivity index (χ2v) is 33.9. The van der Waals surface area contributed by atoms with Crippen LogP contribution in [0.3, 0.4) is 0 Å². The van der Waals surface area contributed by atoms with E-state index in [0.29, 0.717) is 117 Å². The van der Waals surface area contributed by atoms with Gasteiger partial charge in [-0.1, -0.05) is 44.2 Å². The Morgan fingerprint density at radius 2 is 0.869 bits per heavy atom. The van der Waals surface area contributed by atoms with Gasteiger partial charge in [0, 0.05) is 167 Å². The van der Waals surface area contributed by atoms with Crippen LogP contribution in [0.1, 0.15) is 103 Å². The molecule has 14 N–H and O–H groups in total. The van der Waals surface area contributed by atoms with E-state index in [2.05, 4.69) is 86.0 Å². The summed E-state index contributed by atoms with van der Waals surface area (Å²) in [6, 6.07) is 40.9. The highest BCUT2D eigenvalue weighted by Gasteiger charge is 2.29. The van der Waals surface area contributed by atoms with Crippen molar-refractivity contribution in [1.29, 1.82) is 0 Å². The summed E-state index contributed by atoms with van der Waals surface area (Å²) < 4.78 is 91.7. The minimum absolute atomic E-state index is 0.0171. The highest BCUT2D eigenvalue weighted by atomic mass is 32.2. The summed E-state index contributed by atoms with van der Waals surface area (Å²) >= 11 is 0. The number of fused-ring (bicyclic) bond motifs is 1. The van der Waals surface area contributed by atoms with Crippen molar-refractivity contribution in [2.45, 2.75) is 103 Å². The van der Waals surface area contributed by atoms with Gasteiger partial charge in [-0.2, -0.15) is 17.8 Å². The Morgan fingerprint density at radius 3 is 1.32 bits per heavy atom. The van der Waals surface area contributed by atoms with Crippen LogP contribution in [0.2, 0.25) is 0 Å². The van der Waals surface area contributed by atoms with E-state index in [-0.39, 0.29) is 86.7 Å². The lowest BCUT2D eigenvalue weighted by Crippen LogP contribution is -2.31. The van der Waals surface area contributed by atoms with Crippen molar-refractivity contribution in [3.05, 3.63) is 259 Å². The molecule has 0 aliphatic carbocycles. The number of hydrogen-bond acceptors (Lipinski definition) is 30. The number of nitrogens with two attached hydrogens (primary N) is 4. The molecule has 1 aliphatic heterocycles. The molecule has 13 aromatic rings. The van der Waals surface area contributed by atoms with Crippen LogP contribution in [-0.4, -0.2) is 160 Å². The van der Waals surface area contributed by atoms with E-state index in [1.165, 1.54) is 95.1 Å². The van der Waals surface area contributed by atoms with Crippen LogP contribution in [0.15, 0.2) is 228 Å². The largest absolute Gasteiger partial charge is 0.497 e. The number of aromatic nitrogens is 12. The Morgan fingerprint density at radius 1 is 0.446 bits per heavy atom. The van der Waals surface area contributed by atoms with Gasteiger partial charge in [-0.25, -0.2) is 51.7 Å². The number of carbonyl (C=O) groups excluding carboxylic acids is 7. The van der Waals surface area contributed by atoms with Gasteiger partial charge in [0.25, 0.3) is 32.0 Å². The minimum Gasteiger partial charge on any atom is -0.497 e. The lowest BCUT2D eigenvalue weighted by atomic mass is 10.1. The van der Waals surface area contributed by atoms with Crippen molar-refractivity contribution >= 4 is 123 Å². The van der Waals surface area contributed by atoms with Crippen LogP contribution in [0.4, 0.5) is 52.2 Å². The number of methoxy groups -OCH3 is 1. The fourth-order valence-electron chi connectivity index (χ4n) is 12.7. The number of carbonyl (C=O) groups is 7. The first-order chi connectivity index (χ1) is 61.8. The summed E-state index contributed by atoms with van der Waals surface area (Å²) in [7, 11) is -10.5. The van der Waals surface area contributed by atoms with Gasteiger partial charge in [-0.05, 0) is 181 Å². The van der Waals surface area contributed by atoms with Gasteiger partial charge in [0.1, 0.15) is 67.8 Å². The number of aryl methyl sites for hydroxylation is 2. The summed E-state index contributed by atoms with van der Waals surface area (Å²) in [5.41, 5.74) is 35.7. The first-order valence-electron chi connectivity index (χ1n) is 39.5. The molecule has 0 radical (unpaired) electrons. The normalized spacial score (nSPS) is 11.4. The number of benzene rings is 2. The molecule has 0 fully saturated rings. The monoisotopic (exact) mass is 1820 g/mol. The van der Waals surface area contributed by atoms with E-state index in [1.807, 2.05) is 31.2 Å². The zero-order valence-corrected chi connectivity index (χ0v) is 74.4. The molecule has 670 valence electrons. The molecule has 0 saturated heterocycles. The van der Waals surface area contributed by atoms with Crippen LogP contribution < -0.4 is 53.7 Å². The second-order valence-electron chi connectivity index (χ2n) is 28.9. The molecule has 11 aromatic heterocycles. The van der Waals surface area contributed by atoms with E-state index in [9.17, 15) is 58.8 Å². The predicted octanol–water partition coefficient (Wildman–Crippen LogP) is 11.1. The van der Waals surface area contributed by atoms with Crippen molar-refractivity contribution < 1.29 is 68.1 Å². The number of sulfonamides is 2. The van der Waals surface area contributed by atoms with E-state index >= 15 is 0 Å². The predicted molar refractivity (Wildman–Crippen MR) is 490 cm³/mol. The number of pyridine rings is 10. The van der Waals surface area contributed by atoms with Crippen molar-refractivity contribution in [3.8, 4) is 61.4 Å². The quantitative estimate of drug-likeness (QED) is 0.0251. The third-order valence-electron chi connectivity index (χ3n) is 18.9. The smallest absolute Gasteiger partial charge is 0.298 e. The number of anilines is 9. The van der Waals surface area contributed by atoms with Gasteiger partial charge < -0.3 is 53.8 Å². The molecule has 0 atom stereocenters. The van der Waals surface area contributed by atoms with Crippen molar-refractivity contribution in [2.75, 3.05) is 69.1 Å². The van der Waals surface area contributed by atoms with Crippen LogP contribution in [0.5, 0.6) is 5.75 Å². The molecule has 5 amide bonds. The van der Waals surface area contributed by atoms with E-state index < -0.39 is 41.0 Å². The molecule has 14 rings (SSSR count). The van der Waals surface area contributed by atoms with Crippen molar-refractivity contribution in [1.82, 2.24) is 69.2 Å². The Kier molecular flexibility index (Phi) is 32.3. The lowest BCUT2D eigenvalue weighted by molar-refractivity contribution is -0.117. The van der Waals surface area contributed by atoms with Crippen LogP contribution in [0.25, 0.3) is 55.6 Å². The average Bonchev–Trinajstić information content (AvgIpc) is 1.34. The Labute approximate surface area is 748 Å². The van der Waals surface area contributed by atoms with Gasteiger partial charge in [-0.3, -0.25) is 57.8 Å². The molecule has 0 saturated carbocycles. The molecule has 12 heterocycles. The van der Waals surface area contributed by atoms with Gasteiger partial charge in [-0.15, -0.1) is 5.10 Å². The SMILES string of the molecule is CC(=O)Cc1cc(-c2cnc(N)c(S(=O)(=O)O)c2)ccn1.CC(=O)Nc1cc(-c2cnc(N)c(C(=O)N3Cc4ccccc4C3)c2)ccn1.CC(=O)Nc1cc(-c2cnc(N)c(C(=O)Nc3cc(C)cnn3)c2)ccn1.CCN(CC)S(=O)(=O)c1cc(-c2ccnc(NC(C)=O)c2)cnc1N.COc1cccc(S(=O)(=O)Nc2cc(-c3ccnc(CC(C)=O)c3)cnc2C)c1. The zero-order valence-electron chi connectivity index (χ0n) is 71.9. The Hall–Kier alpha value is -15.7. The molecule has 41 heteroatoms. The number of ketones is 2. The number of nitrogens with one attached hydrogen (secondary N) is 5. The highest BCUT2D eigenvalue weighted by molar-refractivity contribution is 7.92. The van der Waals surface area contributed by atoms with E-state index in [1.54, 1.807) is 166 Å². The van der Waals surface area contributed by atoms with Crippen LogP contribution in [0, 0.1) is 13.8 Å². The standard InChI is InChI=1S/C21H19N5O2.C21H21N3O4S.C18H17N7O2.C16H21N5O3S.C13H13N3O4S/c1-13(27)25-19-9-14(6-7-23-19)17-8-18(20(22)24-10-17)21(28)26-11-15-4-2-3-5-16(15)12-26;1-14(25)9-18-10-16(7-8-22-18)17-11-21(15(2)23-13-17)24-29(26,27)20-6-4-5-19(12-20)28-3;1-10-5-16(25-22-8-10)24-18(27)14-6-13(9-21-17(14)19)12-3-4-20-15(7-12)23-11(2)26;1-4-21(5-2)25(23,24)14-8-13(10-19-16(14)17)12-6-7-18-15(9-12)20-11(3)22;1-8(17)4-11-5-9(2-3-15-11)10-6-12(21(18,19)20)13(14)16-7-10/h2-10H,11-12H2,1H3,(H2,22,24)(H,23,25,27);4-8,10-13,24H,9H2,1-3H3;3-9H,1-2H3,(H2,19,21)(H,20,23,26)(H,24,25,27);6-10H,4-5H2,1-3H3,(H2,17,19)(H,18,20,22);2-3,5-7H,4H2,1H3,(H2,14,16)(H,18,19,20). The van der Waals surface area contributed by atoms with Gasteiger partial charge >= 0.3 is 0 Å². The number of nitrogen functional groups attached to an aromatic ring is 4. The maximum Gasteiger partial charge on any atom is 0.298 e. The van der Waals surface area contributed by atoms with Gasteiger partial charge in [0.2, 0.25) is 27.7 Å². The molecule has 0 bridgehead atoms. The van der Waals surface area contributed by atoms with Gasteiger partial charge in [0.05, 0.1) is 40.7 Å². The summed E-state index contributed by atoms with van der Waals surface area (Å²) in [6.45, 7) is 16.0. The first kappa shape index (κ1) is 96.5. The summed E-state index contributed by atoms with van der Waals surface area (Å²) in [6.07, 6.45) is 17.5. The highest BCUT2D eigenvalue weighted by Crippen LogP contribution is 2.34. The number of ether oxygens (including phenoxy) is 1. The number of Topliss-reactive ketones (excluding diaryl/α,β-unsaturated/α-hetero) is 2. The van der Waals surface area contributed by atoms with E-state index in [4.69, 9.17) is 32.2 Å². The maximum absolute atomic E-state index is 13.1. The molecule has 130 heavy (non-hydrogen) atoms. The number of hydrogen-bond donors (Lipinski definition) is 10. The Bertz CT molecular complexity index is 6790. The minimum atomic E-state index is -4.45. The first-order valence-corrected chi connectivity index (χ1v) is 43.9. The summed E-state index contributed by atoms with van der Waals surface area (Å²) in [4.78, 5) is 124. The number of amides is 5. The van der Waals surface area contributed by atoms with E-state index in [0.717, 1.165) is 38.9 Å². The van der Waals surface area contributed by atoms with Crippen molar-refractivity contribution in [3.63, 3.8) is 0 Å². The molecule has 0 spiro atoms. The lowest BCUT2D eigenvalue weighted by Gasteiger charge is -2.19. The van der Waals surface area contributed by atoms with Gasteiger partial charge in [0.15, 0.2) is 5.82 Å². The number of rotatable bonds is 24. The molecule has 38 nitrogen and oxygen atoms in total. The van der Waals surface area contributed by atoms with Crippen LogP contribution >= 0.6 is 0 Å². The summed E-state index contributed by atoms with van der Waals surface area (Å²) in [5.74, 6) is 0.642. The van der Waals surface area contributed by atoms with Crippen molar-refractivity contribution in [2.24, 2.45) is 0 Å². The maximum atomic E-state index is 13.1. The van der Waals surface area contributed by atoms with Crippen LogP contribution in [-0.2, 0) is 80.1 Å². The topological polar surface area (TPSA) is 577 Å². The molecular weight excluding hydrogens is 1730 g/mol. The average molecular weight is 1820 g/mol. The zero-order chi connectivity index (χ0) is 94.3. The third kappa shape index (κ3) is 26.4. The molecular formula is C89H91N23O15S3. The Balaban J connectivity index is 0.000000170. The molecule has 2 aromatic carbocycles. The fraction of sp³-hybridized carbons (Fsp3) is 0.180. The molecule has 0 unspecified atom stereocenters. The summed E-state index contributed by atoms with van der Waals surface area (Å²) in [5, 5.41) is 18.2. The third-order valence-corrected chi connectivity index (χ3v) is 23.2. The second kappa shape index (κ2) is 43.5. The fourth-order valence-corrected chi connectivity index (χ4v) is 16.0. The molecule has 1 aliphatic rings. The number of nitrogens with zero attached hydrogens (tertiary/aromatic N) is 14.